The van der Waals surface area contributed by atoms with Crippen molar-refractivity contribution < 1.29 is 4.74 Å². The van der Waals surface area contributed by atoms with Gasteiger partial charge in [0.15, 0.2) is 0 Å². The maximum absolute atomic E-state index is 5.22. The first-order valence-corrected chi connectivity index (χ1v) is 4.32. The van der Waals surface area contributed by atoms with Crippen LogP contribution in [0.1, 0.15) is 13.3 Å². The third kappa shape index (κ3) is 3.70. The van der Waals surface area contributed by atoms with Crippen LogP contribution < -0.4 is 5.32 Å². The van der Waals surface area contributed by atoms with E-state index in [9.17, 15) is 0 Å². The standard InChI is InChI=1S/C8H17N2O/c1-2-3-9-8-10-4-6-11-7-5-10/h8-9H,2-7H2,1H3. The van der Waals surface area contributed by atoms with Crippen LogP contribution in [0, 0.1) is 6.67 Å². The molecule has 0 aromatic carbocycles. The van der Waals surface area contributed by atoms with Crippen molar-refractivity contribution in [3.63, 3.8) is 0 Å². The lowest BCUT2D eigenvalue weighted by atomic mass is 10.4. The Morgan fingerprint density at radius 2 is 2.18 bits per heavy atom. The number of morpholine rings is 1. The Kier molecular flexibility index (Phi) is 4.50. The predicted octanol–water partition coefficient (Wildman–Crippen LogP) is 0.437. The molecule has 1 aliphatic rings. The van der Waals surface area contributed by atoms with E-state index in [0.29, 0.717) is 0 Å². The van der Waals surface area contributed by atoms with E-state index < -0.39 is 0 Å². The molecule has 1 aliphatic heterocycles. The number of hydrogen-bond donors (Lipinski definition) is 1. The summed E-state index contributed by atoms with van der Waals surface area (Å²) in [5.41, 5.74) is 0. The fourth-order valence-corrected chi connectivity index (χ4v) is 1.04. The minimum Gasteiger partial charge on any atom is -0.379 e. The van der Waals surface area contributed by atoms with Crippen LogP contribution in [0.4, 0.5) is 0 Å². The fraction of sp³-hybridized carbons (Fsp3) is 0.875. The zero-order chi connectivity index (χ0) is 7.94. The first-order valence-electron chi connectivity index (χ1n) is 4.32. The van der Waals surface area contributed by atoms with Crippen molar-refractivity contribution in [2.75, 3.05) is 32.8 Å². The smallest absolute Gasteiger partial charge is 0.0895 e. The van der Waals surface area contributed by atoms with Crippen molar-refractivity contribution in [2.24, 2.45) is 0 Å². The van der Waals surface area contributed by atoms with Crippen LogP contribution in [-0.2, 0) is 4.74 Å². The summed E-state index contributed by atoms with van der Waals surface area (Å²) in [4.78, 5) is 2.26. The van der Waals surface area contributed by atoms with Gasteiger partial charge < -0.3 is 4.74 Å². The number of nitrogens with one attached hydrogen (secondary N) is 1. The summed E-state index contributed by atoms with van der Waals surface area (Å²) in [6, 6.07) is 0. The number of hydrogen-bond acceptors (Lipinski definition) is 3. The molecule has 0 amide bonds. The normalized spacial score (nSPS) is 20.5. The summed E-state index contributed by atoms with van der Waals surface area (Å²) >= 11 is 0. The zero-order valence-electron chi connectivity index (χ0n) is 7.18. The van der Waals surface area contributed by atoms with E-state index >= 15 is 0 Å². The lowest BCUT2D eigenvalue weighted by molar-refractivity contribution is 0.0481. The minimum absolute atomic E-state index is 0.865. The highest BCUT2D eigenvalue weighted by atomic mass is 16.5. The van der Waals surface area contributed by atoms with E-state index in [-0.39, 0.29) is 0 Å². The maximum atomic E-state index is 5.22. The third-order valence-corrected chi connectivity index (χ3v) is 1.71. The van der Waals surface area contributed by atoms with Gasteiger partial charge in [-0.25, -0.2) is 0 Å². The first kappa shape index (κ1) is 8.97. The molecule has 1 heterocycles. The number of rotatable bonds is 4. The summed E-state index contributed by atoms with van der Waals surface area (Å²) in [7, 11) is 0. The molecular weight excluding hydrogens is 140 g/mol. The third-order valence-electron chi connectivity index (χ3n) is 1.71. The second kappa shape index (κ2) is 5.52. The van der Waals surface area contributed by atoms with Crippen molar-refractivity contribution in [1.82, 2.24) is 10.2 Å². The largest absolute Gasteiger partial charge is 0.379 e. The molecule has 0 spiro atoms. The molecule has 0 unspecified atom stereocenters. The van der Waals surface area contributed by atoms with Crippen molar-refractivity contribution in [1.29, 1.82) is 0 Å². The second-order valence-corrected chi connectivity index (χ2v) is 2.73. The van der Waals surface area contributed by atoms with Gasteiger partial charge in [0, 0.05) is 13.1 Å². The van der Waals surface area contributed by atoms with Gasteiger partial charge in [-0.05, 0) is 13.0 Å². The Morgan fingerprint density at radius 3 is 2.82 bits per heavy atom. The lowest BCUT2D eigenvalue weighted by Gasteiger charge is -2.25. The Labute approximate surface area is 68.7 Å². The van der Waals surface area contributed by atoms with E-state index in [0.717, 1.165) is 32.8 Å². The van der Waals surface area contributed by atoms with Gasteiger partial charge in [0.05, 0.1) is 19.9 Å². The topological polar surface area (TPSA) is 24.5 Å². The summed E-state index contributed by atoms with van der Waals surface area (Å²) in [6.07, 6.45) is 1.18. The van der Waals surface area contributed by atoms with E-state index in [1.54, 1.807) is 0 Å². The average molecular weight is 157 g/mol. The Hall–Kier alpha value is -0.120. The van der Waals surface area contributed by atoms with E-state index in [1.165, 1.54) is 6.42 Å². The van der Waals surface area contributed by atoms with Gasteiger partial charge in [-0.2, -0.15) is 0 Å². The van der Waals surface area contributed by atoms with Crippen molar-refractivity contribution in [3.8, 4) is 0 Å². The van der Waals surface area contributed by atoms with Gasteiger partial charge in [-0.1, -0.05) is 6.92 Å². The van der Waals surface area contributed by atoms with Crippen molar-refractivity contribution >= 4 is 0 Å². The van der Waals surface area contributed by atoms with Crippen LogP contribution in [0.15, 0.2) is 0 Å². The van der Waals surface area contributed by atoms with E-state index in [4.69, 9.17) is 4.74 Å². The summed E-state index contributed by atoms with van der Waals surface area (Å²) in [6.45, 7) is 9.09. The molecule has 0 aromatic rings. The molecule has 0 saturated carbocycles. The summed E-state index contributed by atoms with van der Waals surface area (Å²) in [5, 5.41) is 3.25. The van der Waals surface area contributed by atoms with Crippen LogP contribution in [0.5, 0.6) is 0 Å². The zero-order valence-corrected chi connectivity index (χ0v) is 7.18. The molecule has 3 nitrogen and oxygen atoms in total. The molecule has 11 heavy (non-hydrogen) atoms. The monoisotopic (exact) mass is 157 g/mol. The van der Waals surface area contributed by atoms with Crippen LogP contribution >= 0.6 is 0 Å². The van der Waals surface area contributed by atoms with Crippen molar-refractivity contribution in [2.45, 2.75) is 13.3 Å². The average Bonchev–Trinajstić information content (AvgIpc) is 2.07. The Balaban J connectivity index is 1.96. The molecule has 1 N–H and O–H groups in total. The van der Waals surface area contributed by atoms with Crippen LogP contribution in [0.3, 0.4) is 0 Å². The molecule has 1 rings (SSSR count). The second-order valence-electron chi connectivity index (χ2n) is 2.73. The molecule has 0 atom stereocenters. The molecule has 1 fully saturated rings. The SMILES string of the molecule is CCCN[CH]N1CCOCC1. The van der Waals surface area contributed by atoms with Crippen LogP contribution in [0.25, 0.3) is 0 Å². The van der Waals surface area contributed by atoms with Crippen LogP contribution in [0.2, 0.25) is 0 Å². The van der Waals surface area contributed by atoms with Gasteiger partial charge in [0.2, 0.25) is 0 Å². The molecule has 65 valence electrons. The molecule has 1 saturated heterocycles. The van der Waals surface area contributed by atoms with E-state index in [2.05, 4.69) is 23.8 Å². The van der Waals surface area contributed by atoms with Gasteiger partial charge >= 0.3 is 0 Å². The minimum atomic E-state index is 0.865. The van der Waals surface area contributed by atoms with Crippen molar-refractivity contribution in [3.05, 3.63) is 6.67 Å². The van der Waals surface area contributed by atoms with Crippen LogP contribution in [-0.4, -0.2) is 37.7 Å². The van der Waals surface area contributed by atoms with Gasteiger partial charge in [0.25, 0.3) is 0 Å². The summed E-state index contributed by atoms with van der Waals surface area (Å²) < 4.78 is 5.22. The Morgan fingerprint density at radius 1 is 1.45 bits per heavy atom. The molecule has 1 radical (unpaired) electrons. The predicted molar refractivity (Wildman–Crippen MR) is 45.0 cm³/mol. The molecule has 0 aliphatic carbocycles. The highest BCUT2D eigenvalue weighted by Crippen LogP contribution is 1.96. The highest BCUT2D eigenvalue weighted by Gasteiger charge is 2.08. The Bertz CT molecular complexity index is 92.1. The molecule has 0 aromatic heterocycles. The van der Waals surface area contributed by atoms with Gasteiger partial charge in [-0.3, -0.25) is 10.2 Å². The lowest BCUT2D eigenvalue weighted by Crippen LogP contribution is -2.38. The number of nitrogens with zero attached hydrogens (tertiary/aromatic N) is 1. The molecule has 3 heteroatoms. The van der Waals surface area contributed by atoms with Gasteiger partial charge in [-0.15, -0.1) is 0 Å². The molecular formula is C8H17N2O. The fourth-order valence-electron chi connectivity index (χ4n) is 1.04. The quantitative estimate of drug-likeness (QED) is 0.599. The van der Waals surface area contributed by atoms with Gasteiger partial charge in [0.1, 0.15) is 0 Å². The highest BCUT2D eigenvalue weighted by molar-refractivity contribution is 4.68. The molecule has 0 bridgehead atoms. The first-order chi connectivity index (χ1) is 5.43. The van der Waals surface area contributed by atoms with E-state index in [1.807, 2.05) is 0 Å². The number of ether oxygens (including phenoxy) is 1. The summed E-state index contributed by atoms with van der Waals surface area (Å²) in [5.74, 6) is 0. The maximum Gasteiger partial charge on any atom is 0.0895 e.